The molecule has 4 N–H and O–H groups in total. The van der Waals surface area contributed by atoms with Gasteiger partial charge in [0.15, 0.2) is 0 Å². The molecule has 0 radical (unpaired) electrons. The van der Waals surface area contributed by atoms with Crippen LogP contribution in [0.1, 0.15) is 56.2 Å². The highest BCUT2D eigenvalue weighted by atomic mass is 19.4. The van der Waals surface area contributed by atoms with Gasteiger partial charge in [0.25, 0.3) is 0 Å². The van der Waals surface area contributed by atoms with Crippen molar-refractivity contribution in [3.63, 3.8) is 0 Å². The first-order chi connectivity index (χ1) is 19.4. The van der Waals surface area contributed by atoms with E-state index in [2.05, 4.69) is 27.6 Å². The van der Waals surface area contributed by atoms with Crippen LogP contribution in [0.2, 0.25) is 0 Å². The number of benzene rings is 2. The molecule has 0 saturated heterocycles. The van der Waals surface area contributed by atoms with Crippen LogP contribution in [-0.2, 0) is 24.4 Å². The van der Waals surface area contributed by atoms with Crippen LogP contribution in [0.4, 0.5) is 24.8 Å². The van der Waals surface area contributed by atoms with E-state index in [9.17, 15) is 18.0 Å². The summed E-state index contributed by atoms with van der Waals surface area (Å²) >= 11 is 0. The van der Waals surface area contributed by atoms with Crippen molar-refractivity contribution in [2.24, 2.45) is 12.8 Å². The molecule has 4 aromatic rings. The molecule has 8 nitrogen and oxygen atoms in total. The smallest absolute Gasteiger partial charge is 0.351 e. The molecule has 0 aliphatic heterocycles. The number of aromatic nitrogens is 4. The largest absolute Gasteiger partial charge is 0.416 e. The van der Waals surface area contributed by atoms with Gasteiger partial charge in [0.05, 0.1) is 22.5 Å². The second kappa shape index (κ2) is 11.1. The van der Waals surface area contributed by atoms with Crippen LogP contribution in [0, 0.1) is 6.92 Å². The van der Waals surface area contributed by atoms with E-state index in [0.717, 1.165) is 72.0 Å². The predicted molar refractivity (Wildman–Crippen MR) is 154 cm³/mol. The van der Waals surface area contributed by atoms with E-state index < -0.39 is 17.6 Å². The third-order valence-corrected chi connectivity index (χ3v) is 7.75. The molecule has 2 aromatic heterocycles. The number of aryl methyl sites for hydroxylation is 2. The maximum absolute atomic E-state index is 13.7. The predicted octanol–water partition coefficient (Wildman–Crippen LogP) is 6.23. The van der Waals surface area contributed by atoms with Crippen LogP contribution in [0.15, 0.2) is 36.5 Å². The van der Waals surface area contributed by atoms with Crippen LogP contribution in [0.5, 0.6) is 0 Å². The number of amides is 1. The Bertz CT molecular complexity index is 1600. The van der Waals surface area contributed by atoms with Crippen LogP contribution >= 0.6 is 0 Å². The van der Waals surface area contributed by atoms with E-state index in [0.29, 0.717) is 28.8 Å². The molecule has 0 bridgehead atoms. The molecule has 11 heteroatoms. The Morgan fingerprint density at radius 3 is 2.51 bits per heavy atom. The summed E-state index contributed by atoms with van der Waals surface area (Å²) in [4.78, 5) is 21.1. The van der Waals surface area contributed by atoms with E-state index in [1.807, 2.05) is 12.1 Å². The van der Waals surface area contributed by atoms with E-state index in [-0.39, 0.29) is 11.7 Å². The molecule has 1 saturated carbocycles. The second-order valence-electron chi connectivity index (χ2n) is 10.8. The van der Waals surface area contributed by atoms with E-state index in [1.54, 1.807) is 30.9 Å². The highest BCUT2D eigenvalue weighted by Gasteiger charge is 2.32. The van der Waals surface area contributed by atoms with Crippen LogP contribution in [0.25, 0.3) is 33.4 Å². The first-order valence-electron chi connectivity index (χ1n) is 13.8. The summed E-state index contributed by atoms with van der Waals surface area (Å²) in [6, 6.07) is 8.38. The van der Waals surface area contributed by atoms with Crippen LogP contribution in [-0.4, -0.2) is 37.7 Å². The Kier molecular flexibility index (Phi) is 7.74. The third-order valence-electron chi connectivity index (χ3n) is 7.75. The zero-order valence-corrected chi connectivity index (χ0v) is 23.6. The lowest BCUT2D eigenvalue weighted by atomic mass is 9.92. The lowest BCUT2D eigenvalue weighted by molar-refractivity contribution is -0.137. The lowest BCUT2D eigenvalue weighted by Gasteiger charge is -2.26. The van der Waals surface area contributed by atoms with E-state index >= 15 is 0 Å². The van der Waals surface area contributed by atoms with Crippen molar-refractivity contribution < 1.29 is 18.0 Å². The fourth-order valence-corrected chi connectivity index (χ4v) is 5.48. The fraction of sp³-hybridized carbons (Fsp3) is 0.400. The Labute approximate surface area is 236 Å². The average molecular weight is 566 g/mol. The lowest BCUT2D eigenvalue weighted by Crippen LogP contribution is -2.33. The molecule has 5 rings (SSSR count). The zero-order valence-electron chi connectivity index (χ0n) is 23.6. The number of fused-ring (bicyclic) bond motifs is 1. The number of rotatable bonds is 6. The number of nitrogens with zero attached hydrogens (tertiary/aromatic N) is 4. The number of alkyl halides is 3. The van der Waals surface area contributed by atoms with Crippen molar-refractivity contribution in [3.05, 3.63) is 53.2 Å². The minimum absolute atomic E-state index is 0.103. The van der Waals surface area contributed by atoms with Crippen molar-refractivity contribution in [1.82, 2.24) is 19.7 Å². The van der Waals surface area contributed by atoms with Crippen molar-refractivity contribution >= 4 is 28.4 Å². The Morgan fingerprint density at radius 1 is 1.12 bits per heavy atom. The van der Waals surface area contributed by atoms with Gasteiger partial charge in [-0.3, -0.25) is 9.48 Å². The van der Waals surface area contributed by atoms with Gasteiger partial charge in [0.1, 0.15) is 0 Å². The molecule has 216 valence electrons. The van der Waals surface area contributed by atoms with E-state index in [4.69, 9.17) is 10.7 Å². The van der Waals surface area contributed by atoms with Gasteiger partial charge >= 0.3 is 6.18 Å². The van der Waals surface area contributed by atoms with Crippen LogP contribution in [0.3, 0.4) is 0 Å². The molecule has 1 amide bonds. The summed E-state index contributed by atoms with van der Waals surface area (Å²) in [6.07, 6.45) is 1.89. The van der Waals surface area contributed by atoms with Gasteiger partial charge < -0.3 is 16.4 Å². The van der Waals surface area contributed by atoms with Crippen molar-refractivity contribution in [3.8, 4) is 22.5 Å². The van der Waals surface area contributed by atoms with Gasteiger partial charge in [0, 0.05) is 54.5 Å². The molecule has 1 aliphatic rings. The quantitative estimate of drug-likeness (QED) is 0.256. The summed E-state index contributed by atoms with van der Waals surface area (Å²) in [7, 11) is 1.76. The fourth-order valence-electron chi connectivity index (χ4n) is 5.48. The Morgan fingerprint density at radius 2 is 1.85 bits per heavy atom. The second-order valence-corrected chi connectivity index (χ2v) is 10.8. The topological polar surface area (TPSA) is 111 Å². The van der Waals surface area contributed by atoms with Gasteiger partial charge in [-0.05, 0) is 80.5 Å². The summed E-state index contributed by atoms with van der Waals surface area (Å²) in [6.45, 7) is 4.99. The van der Waals surface area contributed by atoms with Gasteiger partial charge in [-0.25, -0.2) is 9.97 Å². The normalized spacial score (nSPS) is 17.6. The van der Waals surface area contributed by atoms with Crippen molar-refractivity contribution in [2.45, 2.75) is 71.1 Å². The monoisotopic (exact) mass is 565 g/mol. The van der Waals surface area contributed by atoms with Crippen molar-refractivity contribution in [1.29, 1.82) is 0 Å². The summed E-state index contributed by atoms with van der Waals surface area (Å²) < 4.78 is 42.8. The highest BCUT2D eigenvalue weighted by Crippen LogP contribution is 2.39. The van der Waals surface area contributed by atoms with Gasteiger partial charge in [-0.15, -0.1) is 0 Å². The number of carbonyl (C=O) groups excluding carboxylic acids is 1. The molecule has 0 atom stereocenters. The number of hydrogen-bond acceptors (Lipinski definition) is 6. The highest BCUT2D eigenvalue weighted by molar-refractivity contribution is 5.92. The van der Waals surface area contributed by atoms with Gasteiger partial charge in [-0.2, -0.15) is 18.3 Å². The molecule has 2 heterocycles. The van der Waals surface area contributed by atoms with Gasteiger partial charge in [-0.1, -0.05) is 6.92 Å². The molecule has 2 aromatic carbocycles. The molecule has 0 unspecified atom stereocenters. The SMILES string of the molecule is CCc1cc(-c2cc(-c3cc(C(F)(F)F)cc(NC(C)=O)c3C)nn2C)cc2cnc(NC3CCC(N)CC3)nc12. The standard InChI is InChI=1S/C30H34F3N7O/c1-5-18-10-19(11-20-15-35-29(38-28(18)20)37-23-8-6-22(34)7-9-23)27-14-26(39-40(27)4)24-12-21(30(31,32)33)13-25(16(24)2)36-17(3)41/h10-15,22-23H,5-9,34H2,1-4H3,(H,36,41)(H,35,37,38). The van der Waals surface area contributed by atoms with Crippen molar-refractivity contribution in [2.75, 3.05) is 10.6 Å². The summed E-state index contributed by atoms with van der Waals surface area (Å²) in [5.74, 6) is 0.144. The number of nitrogens with two attached hydrogens (primary N) is 1. The molecular weight excluding hydrogens is 531 g/mol. The van der Waals surface area contributed by atoms with E-state index in [1.165, 1.54) is 6.92 Å². The first kappa shape index (κ1) is 28.5. The Balaban J connectivity index is 1.52. The maximum Gasteiger partial charge on any atom is 0.416 e. The minimum atomic E-state index is -4.58. The van der Waals surface area contributed by atoms with Gasteiger partial charge in [0.2, 0.25) is 11.9 Å². The number of anilines is 2. The zero-order chi connectivity index (χ0) is 29.5. The summed E-state index contributed by atoms with van der Waals surface area (Å²) in [5, 5.41) is 11.4. The molecule has 1 fully saturated rings. The summed E-state index contributed by atoms with van der Waals surface area (Å²) in [5.41, 5.74) is 9.93. The number of nitrogens with one attached hydrogen (secondary N) is 2. The number of hydrogen-bond donors (Lipinski definition) is 3. The first-order valence-corrected chi connectivity index (χ1v) is 13.8. The number of halogens is 3. The molecule has 41 heavy (non-hydrogen) atoms. The number of carbonyl (C=O) groups is 1. The molecular formula is C30H34F3N7O. The average Bonchev–Trinajstić information content (AvgIpc) is 3.30. The molecule has 0 spiro atoms. The van der Waals surface area contributed by atoms with Crippen LogP contribution < -0.4 is 16.4 Å². The third kappa shape index (κ3) is 6.04. The Hall–Kier alpha value is -3.99. The minimum Gasteiger partial charge on any atom is -0.351 e. The maximum atomic E-state index is 13.7. The molecule has 1 aliphatic carbocycles.